The molecule has 0 aliphatic heterocycles. The highest BCUT2D eigenvalue weighted by atomic mass is 32.2. The summed E-state index contributed by atoms with van der Waals surface area (Å²) < 4.78 is 15.2. The first-order valence-electron chi connectivity index (χ1n) is 8.63. The number of carbonyl (C=O) groups excluding carboxylic acids is 2. The van der Waals surface area contributed by atoms with E-state index in [-0.39, 0.29) is 13.2 Å². The van der Waals surface area contributed by atoms with Gasteiger partial charge in [0, 0.05) is 11.5 Å². The van der Waals surface area contributed by atoms with Crippen molar-refractivity contribution in [1.82, 2.24) is 0 Å². The van der Waals surface area contributed by atoms with Crippen LogP contribution in [0.5, 0.6) is 5.75 Å². The molecule has 0 amide bonds. The van der Waals surface area contributed by atoms with Gasteiger partial charge in [-0.15, -0.1) is 0 Å². The van der Waals surface area contributed by atoms with Gasteiger partial charge in [0.1, 0.15) is 12.4 Å². The fraction of sp³-hybridized carbons (Fsp3) is 0.400. The largest absolute Gasteiger partial charge is 0.497 e. The molecule has 0 aromatic heterocycles. The molecule has 1 atom stereocenters. The smallest absolute Gasteiger partial charge is 0.344 e. The maximum Gasteiger partial charge on any atom is 0.344 e. The molecule has 1 N–H and O–H groups in total. The van der Waals surface area contributed by atoms with Crippen molar-refractivity contribution in [3.05, 3.63) is 42.0 Å². The lowest BCUT2D eigenvalue weighted by Crippen LogP contribution is -2.20. The molecule has 6 nitrogen and oxygen atoms in total. The lowest BCUT2D eigenvalue weighted by Gasteiger charge is -2.13. The molecule has 0 radical (unpaired) electrons. The SMILES string of the molecule is COc1ccc2cc(C(C)C(=O)OCC(=O)OCCSCCO)ccc2c1. The van der Waals surface area contributed by atoms with E-state index in [0.717, 1.165) is 22.1 Å². The third kappa shape index (κ3) is 6.45. The number of fused-ring (bicyclic) bond motifs is 1. The van der Waals surface area contributed by atoms with Gasteiger partial charge in [0.2, 0.25) is 0 Å². The lowest BCUT2D eigenvalue weighted by atomic mass is 9.98. The maximum absolute atomic E-state index is 12.2. The van der Waals surface area contributed by atoms with E-state index in [4.69, 9.17) is 19.3 Å². The molecule has 27 heavy (non-hydrogen) atoms. The molecule has 0 aliphatic rings. The molecule has 0 aliphatic carbocycles. The monoisotopic (exact) mass is 392 g/mol. The third-order valence-electron chi connectivity index (χ3n) is 3.98. The van der Waals surface area contributed by atoms with E-state index in [1.165, 1.54) is 11.8 Å². The van der Waals surface area contributed by atoms with Crippen LogP contribution < -0.4 is 4.74 Å². The van der Waals surface area contributed by atoms with E-state index in [1.54, 1.807) is 14.0 Å². The number of thioether (sulfide) groups is 1. The minimum absolute atomic E-state index is 0.0937. The molecule has 0 heterocycles. The standard InChI is InChI=1S/C20H24O6S/c1-14(20(23)26-13-19(22)25-8-10-27-9-7-21)15-3-4-17-12-18(24-2)6-5-16(17)11-15/h3-6,11-12,14,21H,7-10,13H2,1-2H3. The van der Waals surface area contributed by atoms with Crippen LogP contribution in [0.4, 0.5) is 0 Å². The van der Waals surface area contributed by atoms with E-state index in [9.17, 15) is 9.59 Å². The summed E-state index contributed by atoms with van der Waals surface area (Å²) in [6.07, 6.45) is 0. The molecule has 0 saturated heterocycles. The predicted octanol–water partition coefficient (Wildman–Crippen LogP) is 2.76. The second-order valence-electron chi connectivity index (χ2n) is 5.86. The van der Waals surface area contributed by atoms with Crippen molar-refractivity contribution in [2.24, 2.45) is 0 Å². The third-order valence-corrected chi connectivity index (χ3v) is 4.91. The zero-order valence-corrected chi connectivity index (χ0v) is 16.3. The second kappa shape index (κ2) is 10.8. The Kier molecular flexibility index (Phi) is 8.42. The van der Waals surface area contributed by atoms with Gasteiger partial charge in [0.05, 0.1) is 19.6 Å². The summed E-state index contributed by atoms with van der Waals surface area (Å²) in [5.41, 5.74) is 0.812. The number of hydrogen-bond donors (Lipinski definition) is 1. The molecule has 1 unspecified atom stereocenters. The Hall–Kier alpha value is -2.25. The summed E-state index contributed by atoms with van der Waals surface area (Å²) in [5, 5.41) is 10.7. The molecule has 0 fully saturated rings. The summed E-state index contributed by atoms with van der Waals surface area (Å²) in [6, 6.07) is 11.4. The van der Waals surface area contributed by atoms with Gasteiger partial charge in [-0.3, -0.25) is 4.79 Å². The number of esters is 2. The van der Waals surface area contributed by atoms with Gasteiger partial charge in [-0.05, 0) is 35.4 Å². The molecule has 7 heteroatoms. The van der Waals surface area contributed by atoms with Crippen LogP contribution in [0.25, 0.3) is 10.8 Å². The number of hydrogen-bond acceptors (Lipinski definition) is 7. The fourth-order valence-electron chi connectivity index (χ4n) is 2.45. The minimum atomic E-state index is -0.578. The Balaban J connectivity index is 1.85. The highest BCUT2D eigenvalue weighted by Crippen LogP contribution is 2.25. The highest BCUT2D eigenvalue weighted by molar-refractivity contribution is 7.99. The van der Waals surface area contributed by atoms with Crippen LogP contribution in [0, 0.1) is 0 Å². The van der Waals surface area contributed by atoms with Crippen molar-refractivity contribution in [1.29, 1.82) is 0 Å². The average Bonchev–Trinajstić information content (AvgIpc) is 2.70. The van der Waals surface area contributed by atoms with Crippen molar-refractivity contribution in [3.63, 3.8) is 0 Å². The van der Waals surface area contributed by atoms with Crippen LogP contribution in [-0.4, -0.2) is 55.5 Å². The first-order valence-corrected chi connectivity index (χ1v) is 9.79. The number of methoxy groups -OCH3 is 1. The summed E-state index contributed by atoms with van der Waals surface area (Å²) >= 11 is 1.48. The number of aliphatic hydroxyl groups excluding tert-OH is 1. The molecule has 0 saturated carbocycles. The molecular weight excluding hydrogens is 368 g/mol. The normalized spacial score (nSPS) is 11.8. The summed E-state index contributed by atoms with van der Waals surface area (Å²) in [4.78, 5) is 23.8. The van der Waals surface area contributed by atoms with Crippen molar-refractivity contribution in [3.8, 4) is 5.75 Å². The summed E-state index contributed by atoms with van der Waals surface area (Å²) in [5.74, 6) is 0.418. The van der Waals surface area contributed by atoms with Crippen LogP contribution >= 0.6 is 11.8 Å². The van der Waals surface area contributed by atoms with Crippen LogP contribution in [0.2, 0.25) is 0 Å². The van der Waals surface area contributed by atoms with E-state index in [0.29, 0.717) is 11.5 Å². The molecule has 146 valence electrons. The highest BCUT2D eigenvalue weighted by Gasteiger charge is 2.19. The van der Waals surface area contributed by atoms with E-state index in [2.05, 4.69) is 0 Å². The fourth-order valence-corrected chi connectivity index (χ4v) is 2.99. The van der Waals surface area contributed by atoms with Crippen LogP contribution in [-0.2, 0) is 19.1 Å². The van der Waals surface area contributed by atoms with Gasteiger partial charge in [-0.1, -0.05) is 24.3 Å². The first kappa shape index (κ1) is 21.1. The predicted molar refractivity (Wildman–Crippen MR) is 105 cm³/mol. The Morgan fingerprint density at radius 3 is 2.56 bits per heavy atom. The Morgan fingerprint density at radius 2 is 1.81 bits per heavy atom. The van der Waals surface area contributed by atoms with Crippen molar-refractivity contribution in [2.75, 3.05) is 38.4 Å². The van der Waals surface area contributed by atoms with Crippen molar-refractivity contribution < 1.29 is 28.9 Å². The van der Waals surface area contributed by atoms with Crippen molar-refractivity contribution in [2.45, 2.75) is 12.8 Å². The molecule has 2 rings (SSSR count). The van der Waals surface area contributed by atoms with Crippen LogP contribution in [0.15, 0.2) is 36.4 Å². The van der Waals surface area contributed by atoms with E-state index >= 15 is 0 Å². The first-order chi connectivity index (χ1) is 13.0. The number of carbonyl (C=O) groups is 2. The zero-order valence-electron chi connectivity index (χ0n) is 15.5. The van der Waals surface area contributed by atoms with Gasteiger partial charge < -0.3 is 19.3 Å². The quantitative estimate of drug-likeness (QED) is 0.492. The maximum atomic E-state index is 12.2. The van der Waals surface area contributed by atoms with E-state index in [1.807, 2.05) is 36.4 Å². The molecule has 2 aromatic rings. The summed E-state index contributed by atoms with van der Waals surface area (Å²) in [6.45, 7) is 1.66. The number of rotatable bonds is 10. The van der Waals surface area contributed by atoms with Gasteiger partial charge in [-0.2, -0.15) is 11.8 Å². The Labute approximate surface area is 162 Å². The van der Waals surface area contributed by atoms with Crippen molar-refractivity contribution >= 4 is 34.5 Å². The molecule has 2 aromatic carbocycles. The Bertz CT molecular complexity index is 776. The Morgan fingerprint density at radius 1 is 1.07 bits per heavy atom. The van der Waals surface area contributed by atoms with E-state index < -0.39 is 24.5 Å². The number of aliphatic hydroxyl groups is 1. The van der Waals surface area contributed by atoms with Gasteiger partial charge >= 0.3 is 11.9 Å². The zero-order chi connectivity index (χ0) is 19.6. The van der Waals surface area contributed by atoms with Gasteiger partial charge in [-0.25, -0.2) is 4.79 Å². The second-order valence-corrected chi connectivity index (χ2v) is 7.08. The topological polar surface area (TPSA) is 82.1 Å². The van der Waals surface area contributed by atoms with Gasteiger partial charge in [0.25, 0.3) is 0 Å². The van der Waals surface area contributed by atoms with Crippen LogP contribution in [0.3, 0.4) is 0 Å². The molecule has 0 bridgehead atoms. The number of ether oxygens (including phenoxy) is 3. The lowest BCUT2D eigenvalue weighted by molar-refractivity contribution is -0.159. The minimum Gasteiger partial charge on any atom is -0.497 e. The molecule has 0 spiro atoms. The van der Waals surface area contributed by atoms with Crippen LogP contribution in [0.1, 0.15) is 18.4 Å². The molecular formula is C20H24O6S. The summed E-state index contributed by atoms with van der Waals surface area (Å²) in [7, 11) is 1.62. The average molecular weight is 392 g/mol. The number of benzene rings is 2. The van der Waals surface area contributed by atoms with Gasteiger partial charge in [0.15, 0.2) is 6.61 Å².